The Morgan fingerprint density at radius 2 is 1.44 bits per heavy atom. The molecule has 0 bridgehead atoms. The minimum Gasteiger partial charge on any atom is -0.379 e. The summed E-state index contributed by atoms with van der Waals surface area (Å²) in [6, 6.07) is 10.4. The fourth-order valence-electron chi connectivity index (χ4n) is 3.97. The monoisotopic (exact) mass is 442 g/mol. The van der Waals surface area contributed by atoms with Crippen LogP contribution in [0.4, 0.5) is 0 Å². The second kappa shape index (κ2) is 18.9. The maximum absolute atomic E-state index is 5.98. The van der Waals surface area contributed by atoms with Gasteiger partial charge in [0.05, 0.1) is 25.6 Å². The molecule has 2 rings (SSSR count). The van der Waals surface area contributed by atoms with E-state index in [0.717, 1.165) is 19.6 Å². The van der Waals surface area contributed by atoms with Gasteiger partial charge in [0.1, 0.15) is 0 Å². The van der Waals surface area contributed by atoms with Crippen molar-refractivity contribution in [1.29, 1.82) is 0 Å². The molecule has 4 heteroatoms. The van der Waals surface area contributed by atoms with Gasteiger partial charge in [0, 0.05) is 25.5 Å². The standard InChI is InChI=1S/C28H46N2O2/c1-2-28(32-24-27-18-14-13-15-19-27)25-31-23-17-12-10-8-6-4-3-5-7-9-11-16-21-30-22-20-29-26-30/h13-15,18-20,22,26,28H,2-12,16-17,21,23-25H2,1H3. The van der Waals surface area contributed by atoms with Gasteiger partial charge in [0.15, 0.2) is 0 Å². The molecule has 1 atom stereocenters. The van der Waals surface area contributed by atoms with Crippen LogP contribution >= 0.6 is 0 Å². The van der Waals surface area contributed by atoms with E-state index in [0.29, 0.717) is 13.2 Å². The second-order valence-corrected chi connectivity index (χ2v) is 8.94. The van der Waals surface area contributed by atoms with Gasteiger partial charge in [-0.2, -0.15) is 0 Å². The lowest BCUT2D eigenvalue weighted by molar-refractivity contribution is -0.0269. The summed E-state index contributed by atoms with van der Waals surface area (Å²) in [4.78, 5) is 4.09. The van der Waals surface area contributed by atoms with Crippen molar-refractivity contribution < 1.29 is 9.47 Å². The third-order valence-corrected chi connectivity index (χ3v) is 6.10. The molecule has 180 valence electrons. The van der Waals surface area contributed by atoms with E-state index in [1.54, 1.807) is 0 Å². The van der Waals surface area contributed by atoms with Gasteiger partial charge < -0.3 is 14.0 Å². The van der Waals surface area contributed by atoms with Crippen LogP contribution in [0.25, 0.3) is 0 Å². The Bertz CT molecular complexity index is 630. The Kier molecular flexibility index (Phi) is 15.7. The van der Waals surface area contributed by atoms with Crippen LogP contribution in [0.1, 0.15) is 96.0 Å². The van der Waals surface area contributed by atoms with Crippen molar-refractivity contribution in [1.82, 2.24) is 9.55 Å². The number of ether oxygens (including phenoxy) is 2. The Hall–Kier alpha value is -1.65. The topological polar surface area (TPSA) is 36.3 Å². The van der Waals surface area contributed by atoms with E-state index in [2.05, 4.69) is 46.9 Å². The third kappa shape index (κ3) is 13.7. The highest BCUT2D eigenvalue weighted by Gasteiger charge is 2.07. The lowest BCUT2D eigenvalue weighted by atomic mass is 10.1. The normalized spacial score (nSPS) is 12.3. The summed E-state index contributed by atoms with van der Waals surface area (Å²) < 4.78 is 14.0. The van der Waals surface area contributed by atoms with Gasteiger partial charge in [-0.1, -0.05) is 101 Å². The lowest BCUT2D eigenvalue weighted by Gasteiger charge is -2.16. The zero-order chi connectivity index (χ0) is 22.5. The van der Waals surface area contributed by atoms with Crippen LogP contribution in [0.3, 0.4) is 0 Å². The van der Waals surface area contributed by atoms with E-state index in [9.17, 15) is 0 Å². The smallest absolute Gasteiger partial charge is 0.0945 e. The predicted octanol–water partition coefficient (Wildman–Crippen LogP) is 7.58. The molecule has 0 saturated carbocycles. The number of nitrogens with zero attached hydrogens (tertiary/aromatic N) is 2. The molecule has 1 heterocycles. The molecule has 0 radical (unpaired) electrons. The molecule has 1 unspecified atom stereocenters. The zero-order valence-corrected chi connectivity index (χ0v) is 20.4. The van der Waals surface area contributed by atoms with E-state index in [1.807, 2.05) is 18.6 Å². The van der Waals surface area contributed by atoms with Gasteiger partial charge in [-0.3, -0.25) is 0 Å². The number of unbranched alkanes of at least 4 members (excludes halogenated alkanes) is 11. The molecule has 0 spiro atoms. The SMILES string of the molecule is CCC(COCCCCCCCCCCCCCCn1ccnc1)OCc1ccccc1. The van der Waals surface area contributed by atoms with E-state index in [-0.39, 0.29) is 6.10 Å². The van der Waals surface area contributed by atoms with E-state index < -0.39 is 0 Å². The molecule has 2 aromatic rings. The van der Waals surface area contributed by atoms with Gasteiger partial charge in [0.2, 0.25) is 0 Å². The molecule has 32 heavy (non-hydrogen) atoms. The summed E-state index contributed by atoms with van der Waals surface area (Å²) in [6.45, 7) is 5.54. The molecule has 0 aliphatic heterocycles. The highest BCUT2D eigenvalue weighted by Crippen LogP contribution is 2.13. The van der Waals surface area contributed by atoms with Crippen molar-refractivity contribution in [3.63, 3.8) is 0 Å². The number of benzene rings is 1. The van der Waals surface area contributed by atoms with Crippen molar-refractivity contribution in [2.75, 3.05) is 13.2 Å². The molecule has 0 saturated heterocycles. The summed E-state index contributed by atoms with van der Waals surface area (Å²) >= 11 is 0. The summed E-state index contributed by atoms with van der Waals surface area (Å²) in [6.07, 6.45) is 23.2. The Morgan fingerprint density at radius 3 is 2.03 bits per heavy atom. The summed E-state index contributed by atoms with van der Waals surface area (Å²) in [7, 11) is 0. The molecular formula is C28H46N2O2. The van der Waals surface area contributed by atoms with E-state index >= 15 is 0 Å². The number of aromatic nitrogens is 2. The van der Waals surface area contributed by atoms with Crippen LogP contribution in [0.5, 0.6) is 0 Å². The fraction of sp³-hybridized carbons (Fsp3) is 0.679. The number of hydrogen-bond donors (Lipinski definition) is 0. The average Bonchev–Trinajstić information content (AvgIpc) is 3.35. The van der Waals surface area contributed by atoms with E-state index in [4.69, 9.17) is 9.47 Å². The van der Waals surface area contributed by atoms with Gasteiger partial charge in [-0.25, -0.2) is 4.98 Å². The molecule has 1 aromatic heterocycles. The minimum atomic E-state index is 0.201. The molecule has 0 amide bonds. The first-order valence-corrected chi connectivity index (χ1v) is 13.1. The van der Waals surface area contributed by atoms with Crippen molar-refractivity contribution >= 4 is 0 Å². The number of rotatable bonds is 21. The predicted molar refractivity (Wildman–Crippen MR) is 134 cm³/mol. The van der Waals surface area contributed by atoms with Crippen LogP contribution in [-0.2, 0) is 22.6 Å². The van der Waals surface area contributed by atoms with Crippen molar-refractivity contribution in [2.45, 2.75) is 110 Å². The Labute approximate surface area is 196 Å². The quantitative estimate of drug-likeness (QED) is 0.187. The third-order valence-electron chi connectivity index (χ3n) is 6.10. The van der Waals surface area contributed by atoms with Crippen LogP contribution in [0, 0.1) is 0 Å². The van der Waals surface area contributed by atoms with Gasteiger partial charge in [0.25, 0.3) is 0 Å². The Morgan fingerprint density at radius 1 is 0.812 bits per heavy atom. The number of hydrogen-bond acceptors (Lipinski definition) is 3. The minimum absolute atomic E-state index is 0.201. The first-order valence-electron chi connectivity index (χ1n) is 13.1. The second-order valence-electron chi connectivity index (χ2n) is 8.94. The average molecular weight is 443 g/mol. The number of aryl methyl sites for hydroxylation is 1. The van der Waals surface area contributed by atoms with Crippen molar-refractivity contribution in [3.05, 3.63) is 54.6 Å². The van der Waals surface area contributed by atoms with Crippen LogP contribution in [0.15, 0.2) is 49.1 Å². The van der Waals surface area contributed by atoms with Crippen LogP contribution < -0.4 is 0 Å². The molecular weight excluding hydrogens is 396 g/mol. The van der Waals surface area contributed by atoms with Crippen LogP contribution in [-0.4, -0.2) is 28.9 Å². The highest BCUT2D eigenvalue weighted by atomic mass is 16.5. The molecule has 4 nitrogen and oxygen atoms in total. The maximum atomic E-state index is 5.98. The highest BCUT2D eigenvalue weighted by molar-refractivity contribution is 5.13. The first kappa shape index (κ1) is 26.6. The van der Waals surface area contributed by atoms with Gasteiger partial charge >= 0.3 is 0 Å². The molecule has 0 aliphatic carbocycles. The summed E-state index contributed by atoms with van der Waals surface area (Å²) in [5.41, 5.74) is 1.23. The van der Waals surface area contributed by atoms with Crippen LogP contribution in [0.2, 0.25) is 0 Å². The maximum Gasteiger partial charge on any atom is 0.0945 e. The lowest BCUT2D eigenvalue weighted by Crippen LogP contribution is -2.19. The largest absolute Gasteiger partial charge is 0.379 e. The molecule has 1 aromatic carbocycles. The first-order chi connectivity index (χ1) is 15.9. The summed E-state index contributed by atoms with van der Waals surface area (Å²) in [5, 5.41) is 0. The number of imidazole rings is 1. The fourth-order valence-corrected chi connectivity index (χ4v) is 3.97. The molecule has 0 N–H and O–H groups in total. The zero-order valence-electron chi connectivity index (χ0n) is 20.4. The van der Waals surface area contributed by atoms with Crippen molar-refractivity contribution in [2.24, 2.45) is 0 Å². The van der Waals surface area contributed by atoms with Gasteiger partial charge in [-0.15, -0.1) is 0 Å². The van der Waals surface area contributed by atoms with Gasteiger partial charge in [-0.05, 0) is 24.8 Å². The summed E-state index contributed by atoms with van der Waals surface area (Å²) in [5.74, 6) is 0. The Balaban J connectivity index is 1.28. The van der Waals surface area contributed by atoms with Crippen molar-refractivity contribution in [3.8, 4) is 0 Å². The molecule has 0 aliphatic rings. The van der Waals surface area contributed by atoms with E-state index in [1.165, 1.54) is 82.6 Å². The molecule has 0 fully saturated rings.